The van der Waals surface area contributed by atoms with Crippen LogP contribution in [0.1, 0.15) is 70.3 Å². The summed E-state index contributed by atoms with van der Waals surface area (Å²) in [6.45, 7) is 3.68. The van der Waals surface area contributed by atoms with Crippen molar-refractivity contribution in [3.05, 3.63) is 64.8 Å². The number of nitrogens with one attached hydrogen (secondary N) is 1. The van der Waals surface area contributed by atoms with Gasteiger partial charge in [-0.25, -0.2) is 0 Å². The van der Waals surface area contributed by atoms with Gasteiger partial charge in [-0.15, -0.1) is 0 Å². The molecule has 5 heteroatoms. The largest absolute Gasteiger partial charge is 0.392 e. The maximum atomic E-state index is 12.2. The monoisotopic (exact) mass is 461 g/mol. The van der Waals surface area contributed by atoms with Gasteiger partial charge in [0.2, 0.25) is 5.91 Å². The number of fused-ring (bicyclic) bond motifs is 4. The van der Waals surface area contributed by atoms with Gasteiger partial charge in [0.1, 0.15) is 0 Å². The van der Waals surface area contributed by atoms with Gasteiger partial charge in [0.25, 0.3) is 0 Å². The Morgan fingerprint density at radius 1 is 1.18 bits per heavy atom. The van der Waals surface area contributed by atoms with E-state index >= 15 is 0 Å². The zero-order valence-electron chi connectivity index (χ0n) is 20.1. The molecule has 3 N–H and O–H groups in total. The summed E-state index contributed by atoms with van der Waals surface area (Å²) in [5.74, 6) is 1.05. The van der Waals surface area contributed by atoms with Crippen molar-refractivity contribution in [1.29, 1.82) is 0 Å². The first-order chi connectivity index (χ1) is 16.3. The second-order valence-electron chi connectivity index (χ2n) is 10.8. The molecule has 0 saturated heterocycles. The van der Waals surface area contributed by atoms with Crippen molar-refractivity contribution in [2.75, 3.05) is 11.9 Å². The third-order valence-corrected chi connectivity index (χ3v) is 9.08. The number of carbonyl (C=O) groups is 2. The maximum Gasteiger partial charge on any atom is 0.221 e. The van der Waals surface area contributed by atoms with E-state index < -0.39 is 5.60 Å². The Hall–Kier alpha value is -2.50. The van der Waals surface area contributed by atoms with E-state index in [1.165, 1.54) is 29.2 Å². The molecule has 0 aliphatic heterocycles. The van der Waals surface area contributed by atoms with E-state index in [2.05, 4.69) is 24.4 Å². The average molecular weight is 462 g/mol. The van der Waals surface area contributed by atoms with E-state index in [0.717, 1.165) is 37.8 Å². The minimum absolute atomic E-state index is 0.0714. The molecule has 0 unspecified atom stereocenters. The molecule has 0 aromatic heterocycles. The summed E-state index contributed by atoms with van der Waals surface area (Å²) in [6, 6.07) is 8.13. The molecule has 2 fully saturated rings. The number of allylic oxidation sites excluding steroid dienone is 4. The minimum Gasteiger partial charge on any atom is -0.392 e. The van der Waals surface area contributed by atoms with E-state index in [0.29, 0.717) is 24.7 Å². The fraction of sp³-hybridized carbons (Fsp3) is 0.517. The highest BCUT2D eigenvalue weighted by Crippen LogP contribution is 2.67. The molecule has 0 radical (unpaired) electrons. The fourth-order valence-electron chi connectivity index (χ4n) is 7.52. The number of rotatable bonds is 4. The molecule has 4 aliphatic rings. The third kappa shape index (κ3) is 3.70. The van der Waals surface area contributed by atoms with Crippen LogP contribution in [0.5, 0.6) is 0 Å². The molecule has 4 aliphatic carbocycles. The molecule has 180 valence electrons. The summed E-state index contributed by atoms with van der Waals surface area (Å²) in [7, 11) is 0. The van der Waals surface area contributed by atoms with Crippen LogP contribution < -0.4 is 5.32 Å². The second kappa shape index (κ2) is 8.62. The summed E-state index contributed by atoms with van der Waals surface area (Å²) < 4.78 is 0. The number of aliphatic hydroxyl groups is 2. The number of carbonyl (C=O) groups excluding carboxylic acids is 2. The quantitative estimate of drug-likeness (QED) is 0.561. The summed E-state index contributed by atoms with van der Waals surface area (Å²) in [5.41, 5.74) is 4.81. The zero-order valence-corrected chi connectivity index (χ0v) is 20.1. The lowest BCUT2D eigenvalue weighted by Crippen LogP contribution is -2.50. The summed E-state index contributed by atoms with van der Waals surface area (Å²) >= 11 is 0. The number of amides is 1. The van der Waals surface area contributed by atoms with E-state index in [4.69, 9.17) is 0 Å². The molecule has 0 heterocycles. The minimum atomic E-state index is -0.941. The molecule has 2 saturated carbocycles. The average Bonchev–Trinajstić information content (AvgIpc) is 3.07. The van der Waals surface area contributed by atoms with E-state index in [9.17, 15) is 19.8 Å². The molecular weight excluding hydrogens is 426 g/mol. The topological polar surface area (TPSA) is 86.6 Å². The van der Waals surface area contributed by atoms with Crippen molar-refractivity contribution in [2.24, 2.45) is 17.3 Å². The number of benzene rings is 1. The highest BCUT2D eigenvalue weighted by Gasteiger charge is 2.61. The van der Waals surface area contributed by atoms with Gasteiger partial charge in [0.05, 0.1) is 12.2 Å². The van der Waals surface area contributed by atoms with Crippen LogP contribution in [0.15, 0.2) is 59.2 Å². The lowest BCUT2D eigenvalue weighted by atomic mass is 9.51. The molecule has 5 rings (SSSR count). The molecular formula is C29H35NO4. The molecule has 1 aromatic carbocycles. The fourth-order valence-corrected chi connectivity index (χ4v) is 7.52. The predicted octanol–water partition coefficient (Wildman–Crippen LogP) is 4.82. The summed E-state index contributed by atoms with van der Waals surface area (Å²) in [6.07, 6.45) is 11.2. The van der Waals surface area contributed by atoms with Crippen LogP contribution in [0, 0.1) is 17.3 Å². The van der Waals surface area contributed by atoms with Crippen LogP contribution in [-0.2, 0) is 9.59 Å². The van der Waals surface area contributed by atoms with Crippen LogP contribution in [0.25, 0.3) is 0 Å². The Morgan fingerprint density at radius 2 is 1.94 bits per heavy atom. The Kier molecular flexibility index (Phi) is 5.89. The SMILES string of the molecule is CC(=O)Nc1ccc([C@H]2C[C@@]3(C)[C@@H](CC[C@@]3(O)/C=C\CO)[C@@H]3CCC4=CC(=O)CCC4=C32)cc1. The van der Waals surface area contributed by atoms with Gasteiger partial charge in [-0.3, -0.25) is 9.59 Å². The number of aliphatic hydroxyl groups excluding tert-OH is 1. The molecule has 5 nitrogen and oxygen atoms in total. The van der Waals surface area contributed by atoms with E-state index in [1.54, 1.807) is 6.08 Å². The van der Waals surface area contributed by atoms with Gasteiger partial charge in [-0.1, -0.05) is 36.8 Å². The Labute approximate surface area is 201 Å². The van der Waals surface area contributed by atoms with Gasteiger partial charge in [-0.2, -0.15) is 0 Å². The van der Waals surface area contributed by atoms with Crippen molar-refractivity contribution in [1.82, 2.24) is 0 Å². The van der Waals surface area contributed by atoms with Crippen molar-refractivity contribution in [3.8, 4) is 0 Å². The van der Waals surface area contributed by atoms with Gasteiger partial charge < -0.3 is 15.5 Å². The number of ketones is 1. The number of hydrogen-bond acceptors (Lipinski definition) is 4. The van der Waals surface area contributed by atoms with Crippen LogP contribution in [0.4, 0.5) is 5.69 Å². The van der Waals surface area contributed by atoms with E-state index in [1.807, 2.05) is 24.3 Å². The van der Waals surface area contributed by atoms with Gasteiger partial charge in [-0.05, 0) is 85.3 Å². The van der Waals surface area contributed by atoms with Crippen LogP contribution in [-0.4, -0.2) is 34.1 Å². The Morgan fingerprint density at radius 3 is 2.65 bits per heavy atom. The van der Waals surface area contributed by atoms with Gasteiger partial charge >= 0.3 is 0 Å². The molecule has 5 atom stereocenters. The first-order valence-electron chi connectivity index (χ1n) is 12.6. The normalized spacial score (nSPS) is 35.0. The van der Waals surface area contributed by atoms with Crippen molar-refractivity contribution < 1.29 is 19.8 Å². The zero-order chi connectivity index (χ0) is 24.1. The van der Waals surface area contributed by atoms with Crippen LogP contribution >= 0.6 is 0 Å². The van der Waals surface area contributed by atoms with Gasteiger partial charge in [0, 0.05) is 30.4 Å². The van der Waals surface area contributed by atoms with Crippen LogP contribution in [0.2, 0.25) is 0 Å². The predicted molar refractivity (Wildman–Crippen MR) is 132 cm³/mol. The Bertz CT molecular complexity index is 1100. The number of anilines is 1. The highest BCUT2D eigenvalue weighted by molar-refractivity contribution is 5.93. The van der Waals surface area contributed by atoms with Crippen molar-refractivity contribution in [2.45, 2.75) is 70.3 Å². The molecule has 1 amide bonds. The van der Waals surface area contributed by atoms with E-state index in [-0.39, 0.29) is 29.6 Å². The summed E-state index contributed by atoms with van der Waals surface area (Å²) in [5, 5.41) is 24.1. The lowest BCUT2D eigenvalue weighted by Gasteiger charge is -2.54. The summed E-state index contributed by atoms with van der Waals surface area (Å²) in [4.78, 5) is 23.7. The standard InChI is InChI=1S/C29H35NO4/c1-18(32)30-21-7-4-19(5-8-21)25-17-28(2)26(12-14-29(28,34)13-3-15-31)24-10-6-20-16-22(33)9-11-23(20)27(24)25/h3-5,7-8,13,16,24-26,31,34H,6,9-12,14-15,17H2,1-2H3,(H,30,32)/b13-3-/t24-,25+,26-,28-,29-/m0/s1. The molecule has 1 aromatic rings. The highest BCUT2D eigenvalue weighted by atomic mass is 16.3. The molecule has 0 spiro atoms. The Balaban J connectivity index is 1.62. The first kappa shape index (κ1) is 23.3. The molecule has 0 bridgehead atoms. The first-order valence-corrected chi connectivity index (χ1v) is 12.6. The second-order valence-corrected chi connectivity index (χ2v) is 10.8. The van der Waals surface area contributed by atoms with Crippen molar-refractivity contribution in [3.63, 3.8) is 0 Å². The van der Waals surface area contributed by atoms with Crippen LogP contribution in [0.3, 0.4) is 0 Å². The third-order valence-electron chi connectivity index (χ3n) is 9.08. The lowest BCUT2D eigenvalue weighted by molar-refractivity contribution is -0.115. The maximum absolute atomic E-state index is 12.2. The number of hydrogen-bond donors (Lipinski definition) is 3. The molecule has 34 heavy (non-hydrogen) atoms. The van der Waals surface area contributed by atoms with Crippen molar-refractivity contribution >= 4 is 17.4 Å². The smallest absolute Gasteiger partial charge is 0.221 e. The van der Waals surface area contributed by atoms with Gasteiger partial charge in [0.15, 0.2) is 5.78 Å².